The van der Waals surface area contributed by atoms with Gasteiger partial charge in [-0.15, -0.1) is 11.8 Å². The summed E-state index contributed by atoms with van der Waals surface area (Å²) in [6, 6.07) is 0. The van der Waals surface area contributed by atoms with E-state index >= 15 is 0 Å². The third-order valence-corrected chi connectivity index (χ3v) is 3.99. The number of fused-ring (bicyclic) bond motifs is 3. The van der Waals surface area contributed by atoms with Crippen molar-refractivity contribution in [3.63, 3.8) is 0 Å². The molecule has 1 saturated carbocycles. The van der Waals surface area contributed by atoms with Crippen LogP contribution in [0.4, 0.5) is 4.79 Å². The first kappa shape index (κ1) is 9.71. The molecule has 0 unspecified atom stereocenters. The largest absolute Gasteiger partial charge is 0.431 e. The number of amides is 1. The Labute approximate surface area is 87.4 Å². The van der Waals surface area contributed by atoms with E-state index in [1.807, 2.05) is 0 Å². The predicted octanol–water partition coefficient (Wildman–Crippen LogP) is 1.75. The fraction of sp³-hybridized carbons (Fsp3) is 0.667. The number of hydrogen-bond donors (Lipinski definition) is 2. The van der Waals surface area contributed by atoms with Crippen LogP contribution in [0.1, 0.15) is 25.7 Å². The number of hydroxylamine groups is 1. The quantitative estimate of drug-likeness (QED) is 0.688. The van der Waals surface area contributed by atoms with E-state index in [1.165, 1.54) is 18.4 Å². The minimum atomic E-state index is -0.444. The number of carbonyl (C=O) groups is 1. The van der Waals surface area contributed by atoms with Crippen molar-refractivity contribution in [1.82, 2.24) is 10.8 Å². The Morgan fingerprint density at radius 1 is 1.50 bits per heavy atom. The van der Waals surface area contributed by atoms with Crippen LogP contribution in [0.5, 0.6) is 0 Å². The zero-order valence-corrected chi connectivity index (χ0v) is 8.95. The summed E-state index contributed by atoms with van der Waals surface area (Å²) >= 11 is 1.80. The summed E-state index contributed by atoms with van der Waals surface area (Å²) in [4.78, 5) is 15.6. The molecular formula is C9H14N2O2S. The molecular weight excluding hydrogens is 200 g/mol. The van der Waals surface area contributed by atoms with Gasteiger partial charge in [0.05, 0.1) is 0 Å². The van der Waals surface area contributed by atoms with Crippen molar-refractivity contribution in [3.8, 4) is 0 Å². The van der Waals surface area contributed by atoms with Crippen molar-refractivity contribution in [2.45, 2.75) is 30.9 Å². The maximum atomic E-state index is 10.8. The van der Waals surface area contributed by atoms with Crippen molar-refractivity contribution < 1.29 is 9.63 Å². The van der Waals surface area contributed by atoms with Crippen LogP contribution in [0.2, 0.25) is 0 Å². The van der Waals surface area contributed by atoms with E-state index in [-0.39, 0.29) is 0 Å². The third-order valence-electron chi connectivity index (χ3n) is 2.58. The average molecular weight is 214 g/mol. The zero-order chi connectivity index (χ0) is 9.97. The van der Waals surface area contributed by atoms with Gasteiger partial charge < -0.3 is 10.2 Å². The molecule has 1 aliphatic carbocycles. The van der Waals surface area contributed by atoms with E-state index in [4.69, 9.17) is 4.84 Å². The van der Waals surface area contributed by atoms with Crippen molar-refractivity contribution >= 4 is 17.9 Å². The maximum absolute atomic E-state index is 10.8. The lowest BCUT2D eigenvalue weighted by Gasteiger charge is -2.32. The summed E-state index contributed by atoms with van der Waals surface area (Å²) < 4.78 is 0. The highest BCUT2D eigenvalue weighted by Crippen LogP contribution is 2.43. The second-order valence-corrected chi connectivity index (χ2v) is 4.80. The molecule has 5 heteroatoms. The molecule has 0 radical (unpaired) electrons. The predicted molar refractivity (Wildman–Crippen MR) is 55.5 cm³/mol. The van der Waals surface area contributed by atoms with Crippen LogP contribution < -0.4 is 10.8 Å². The minimum Gasteiger partial charge on any atom is -0.324 e. The minimum absolute atomic E-state index is 0.444. The molecule has 0 aromatic carbocycles. The Morgan fingerprint density at radius 2 is 2.21 bits per heavy atom. The van der Waals surface area contributed by atoms with Gasteiger partial charge in [-0.2, -0.15) is 0 Å². The lowest BCUT2D eigenvalue weighted by Crippen LogP contribution is -2.30. The second-order valence-electron chi connectivity index (χ2n) is 3.49. The highest BCUT2D eigenvalue weighted by molar-refractivity contribution is 8.03. The number of thioether (sulfide) groups is 1. The normalized spacial score (nSPS) is 20.9. The molecule has 0 saturated heterocycles. The topological polar surface area (TPSA) is 50.4 Å². The Bertz CT molecular complexity index is 268. The van der Waals surface area contributed by atoms with Gasteiger partial charge in [-0.3, -0.25) is 0 Å². The monoisotopic (exact) mass is 214 g/mol. The van der Waals surface area contributed by atoms with Crippen LogP contribution in [-0.2, 0) is 4.84 Å². The smallest absolute Gasteiger partial charge is 0.324 e. The molecule has 2 N–H and O–H groups in total. The summed E-state index contributed by atoms with van der Waals surface area (Å²) in [6.45, 7) is 0. The van der Waals surface area contributed by atoms with E-state index in [0.29, 0.717) is 5.25 Å². The first-order chi connectivity index (χ1) is 6.79. The van der Waals surface area contributed by atoms with Gasteiger partial charge in [0.1, 0.15) is 5.03 Å². The van der Waals surface area contributed by atoms with E-state index < -0.39 is 6.09 Å². The summed E-state index contributed by atoms with van der Waals surface area (Å²) in [5.41, 5.74) is 4.14. The fourth-order valence-corrected chi connectivity index (χ4v) is 3.04. The molecule has 1 fully saturated rings. The van der Waals surface area contributed by atoms with Crippen molar-refractivity contribution in [2.24, 2.45) is 0 Å². The molecule has 2 bridgehead atoms. The number of hydrogen-bond acceptors (Lipinski definition) is 4. The molecule has 2 aliphatic heterocycles. The maximum Gasteiger partial charge on any atom is 0.431 e. The van der Waals surface area contributed by atoms with Gasteiger partial charge in [-0.1, -0.05) is 0 Å². The SMILES string of the molecule is CNC(=O)ONC1=C2CCC(CC2)S1. The highest BCUT2D eigenvalue weighted by atomic mass is 32.2. The van der Waals surface area contributed by atoms with Gasteiger partial charge in [0.25, 0.3) is 0 Å². The van der Waals surface area contributed by atoms with Gasteiger partial charge in [0, 0.05) is 12.3 Å². The highest BCUT2D eigenvalue weighted by Gasteiger charge is 2.27. The molecule has 14 heavy (non-hydrogen) atoms. The van der Waals surface area contributed by atoms with E-state index in [1.54, 1.807) is 18.8 Å². The van der Waals surface area contributed by atoms with Crippen LogP contribution >= 0.6 is 11.8 Å². The first-order valence-corrected chi connectivity index (χ1v) is 5.71. The van der Waals surface area contributed by atoms with Gasteiger partial charge in [-0.25, -0.2) is 10.3 Å². The van der Waals surface area contributed by atoms with Crippen molar-refractivity contribution in [3.05, 3.63) is 10.6 Å². The van der Waals surface area contributed by atoms with Crippen molar-refractivity contribution in [2.75, 3.05) is 7.05 Å². The summed E-state index contributed by atoms with van der Waals surface area (Å²) in [7, 11) is 1.54. The van der Waals surface area contributed by atoms with Crippen LogP contribution in [0.25, 0.3) is 0 Å². The number of carbonyl (C=O) groups excluding carboxylic acids is 1. The van der Waals surface area contributed by atoms with Crippen LogP contribution in [0.15, 0.2) is 10.6 Å². The van der Waals surface area contributed by atoms with Crippen molar-refractivity contribution in [1.29, 1.82) is 0 Å². The van der Waals surface area contributed by atoms with Gasteiger partial charge >= 0.3 is 6.09 Å². The molecule has 0 aromatic heterocycles. The first-order valence-electron chi connectivity index (χ1n) is 4.83. The number of rotatable bonds is 2. The average Bonchev–Trinajstić information content (AvgIpc) is 2.27. The van der Waals surface area contributed by atoms with Gasteiger partial charge in [0.15, 0.2) is 0 Å². The molecule has 3 aliphatic rings. The Hall–Kier alpha value is -0.840. The van der Waals surface area contributed by atoms with E-state index in [0.717, 1.165) is 17.9 Å². The molecule has 3 rings (SSSR count). The third kappa shape index (κ3) is 1.97. The molecule has 0 spiro atoms. The molecule has 0 atom stereocenters. The Morgan fingerprint density at radius 3 is 2.71 bits per heavy atom. The number of allylic oxidation sites excluding steroid dienone is 1. The van der Waals surface area contributed by atoms with Gasteiger partial charge in [0.2, 0.25) is 0 Å². The van der Waals surface area contributed by atoms with Crippen LogP contribution in [0, 0.1) is 0 Å². The van der Waals surface area contributed by atoms with E-state index in [2.05, 4.69) is 10.8 Å². The summed E-state index contributed by atoms with van der Waals surface area (Å²) in [5, 5.41) is 4.16. The van der Waals surface area contributed by atoms with E-state index in [9.17, 15) is 4.79 Å². The molecule has 78 valence electrons. The Balaban J connectivity index is 1.91. The summed E-state index contributed by atoms with van der Waals surface area (Å²) in [5.74, 6) is 0. The van der Waals surface area contributed by atoms with Crippen LogP contribution in [-0.4, -0.2) is 18.4 Å². The molecule has 4 nitrogen and oxygen atoms in total. The lowest BCUT2D eigenvalue weighted by molar-refractivity contribution is 0.111. The fourth-order valence-electron chi connectivity index (χ4n) is 1.77. The number of nitrogens with one attached hydrogen (secondary N) is 2. The zero-order valence-electron chi connectivity index (χ0n) is 8.13. The van der Waals surface area contributed by atoms with Gasteiger partial charge in [-0.05, 0) is 31.3 Å². The lowest BCUT2D eigenvalue weighted by atomic mass is 9.94. The molecule has 1 amide bonds. The second kappa shape index (κ2) is 4.13. The summed E-state index contributed by atoms with van der Waals surface area (Å²) in [6.07, 6.45) is 4.39. The Kier molecular flexibility index (Phi) is 2.86. The molecule has 0 aromatic rings. The standard InChI is InChI=1S/C9H14N2O2S/c1-10-9(12)13-11-8-6-2-4-7(14-8)5-3-6/h7,11H,2-5H2,1H3,(H,10,12). The van der Waals surface area contributed by atoms with Crippen LogP contribution in [0.3, 0.4) is 0 Å². The molecule has 2 heterocycles.